The van der Waals surface area contributed by atoms with Crippen LogP contribution < -0.4 is 4.90 Å². The second kappa shape index (κ2) is 13.4. The van der Waals surface area contributed by atoms with E-state index in [4.69, 9.17) is 4.42 Å². The van der Waals surface area contributed by atoms with E-state index in [1.54, 1.807) is 0 Å². The molecule has 59 heavy (non-hydrogen) atoms. The second-order valence-corrected chi connectivity index (χ2v) is 15.3. The van der Waals surface area contributed by atoms with Gasteiger partial charge in [-0.1, -0.05) is 158 Å². The summed E-state index contributed by atoms with van der Waals surface area (Å²) >= 11 is 0. The molecule has 276 valence electrons. The smallest absolute Gasteiger partial charge is 0.136 e. The Labute approximate surface area is 341 Å². The summed E-state index contributed by atoms with van der Waals surface area (Å²) in [6.07, 6.45) is 0. The molecule has 0 saturated carbocycles. The van der Waals surface area contributed by atoms with Gasteiger partial charge in [0.2, 0.25) is 0 Å². The molecule has 0 bridgehead atoms. The van der Waals surface area contributed by atoms with Gasteiger partial charge in [0.25, 0.3) is 0 Å². The topological polar surface area (TPSA) is 21.3 Å². The second-order valence-electron chi connectivity index (χ2n) is 15.3. The van der Waals surface area contributed by atoms with E-state index in [9.17, 15) is 0 Å². The predicted octanol–water partition coefficient (Wildman–Crippen LogP) is 15.8. The zero-order valence-electron chi connectivity index (χ0n) is 32.1. The monoisotopic (exact) mass is 752 g/mol. The number of hydrogen-bond acceptors (Lipinski definition) is 2. The minimum absolute atomic E-state index is 0.873. The number of hydrogen-bond donors (Lipinski definition) is 0. The zero-order chi connectivity index (χ0) is 38.9. The molecular formula is C56H36N2O. The summed E-state index contributed by atoms with van der Waals surface area (Å²) in [5.41, 5.74) is 13.2. The number of aromatic nitrogens is 1. The molecule has 0 N–H and O–H groups in total. The first-order valence-corrected chi connectivity index (χ1v) is 20.2. The largest absolute Gasteiger partial charge is 0.456 e. The Morgan fingerprint density at radius 1 is 0.356 bits per heavy atom. The molecule has 0 unspecified atom stereocenters. The number of rotatable bonds is 6. The average Bonchev–Trinajstić information content (AvgIpc) is 3.85. The summed E-state index contributed by atoms with van der Waals surface area (Å²) in [7, 11) is 0. The highest BCUT2D eigenvalue weighted by Gasteiger charge is 2.22. The Hall–Kier alpha value is -7.88. The van der Waals surface area contributed by atoms with E-state index in [1.165, 1.54) is 60.1 Å². The van der Waals surface area contributed by atoms with Gasteiger partial charge in [-0.15, -0.1) is 0 Å². The van der Waals surface area contributed by atoms with E-state index in [-0.39, 0.29) is 0 Å². The minimum atomic E-state index is 0.873. The Morgan fingerprint density at radius 2 is 1.00 bits per heavy atom. The first kappa shape index (κ1) is 33.3. The summed E-state index contributed by atoms with van der Waals surface area (Å²) in [6, 6.07) is 78.8. The zero-order valence-corrected chi connectivity index (χ0v) is 32.1. The van der Waals surface area contributed by atoms with Crippen molar-refractivity contribution < 1.29 is 4.42 Å². The lowest BCUT2D eigenvalue weighted by Gasteiger charge is -2.28. The normalized spacial score (nSPS) is 11.7. The molecule has 0 radical (unpaired) electrons. The van der Waals surface area contributed by atoms with E-state index in [1.807, 2.05) is 0 Å². The third-order valence-electron chi connectivity index (χ3n) is 12.0. The van der Waals surface area contributed by atoms with Crippen molar-refractivity contribution in [3.63, 3.8) is 0 Å². The standard InChI is InChI=1S/C56H36N2O/c1-3-14-37(15-4-1)40-19-13-20-41(34-40)58-51-25-12-11-24-48(51)49-29-27-43(36-53(49)58)57(52-31-30-44(38-16-5-2-6-17-38)46-22-9-10-23-47(46)52)42-28-33-54-50(35-42)56-45-21-8-7-18-39(45)26-32-55(56)59-54/h1-36H. The van der Waals surface area contributed by atoms with Crippen LogP contribution in [0.1, 0.15) is 0 Å². The molecule has 0 aliphatic carbocycles. The number of benzene rings is 10. The van der Waals surface area contributed by atoms with Gasteiger partial charge in [0.15, 0.2) is 0 Å². The summed E-state index contributed by atoms with van der Waals surface area (Å²) in [5, 5.41) is 9.43. The molecule has 0 saturated heterocycles. The Kier molecular flexibility index (Phi) is 7.54. The van der Waals surface area contributed by atoms with Gasteiger partial charge in [-0.3, -0.25) is 0 Å². The summed E-state index contributed by atoms with van der Waals surface area (Å²) in [6.45, 7) is 0. The first-order valence-electron chi connectivity index (χ1n) is 20.2. The van der Waals surface area contributed by atoms with Crippen molar-refractivity contribution in [2.45, 2.75) is 0 Å². The van der Waals surface area contributed by atoms with Gasteiger partial charge in [0.05, 0.1) is 16.7 Å². The molecule has 3 nitrogen and oxygen atoms in total. The fraction of sp³-hybridized carbons (Fsp3) is 0. The third kappa shape index (κ3) is 5.36. The number of anilines is 3. The molecule has 0 fully saturated rings. The van der Waals surface area contributed by atoms with Crippen LogP contribution in [0.4, 0.5) is 17.1 Å². The summed E-state index contributed by atoms with van der Waals surface area (Å²) < 4.78 is 8.94. The fourth-order valence-electron chi connectivity index (χ4n) is 9.28. The number of nitrogens with zero attached hydrogens (tertiary/aromatic N) is 2. The third-order valence-corrected chi connectivity index (χ3v) is 12.0. The van der Waals surface area contributed by atoms with Gasteiger partial charge in [-0.25, -0.2) is 0 Å². The lowest BCUT2D eigenvalue weighted by atomic mass is 9.96. The number of fused-ring (bicyclic) bond motifs is 9. The maximum absolute atomic E-state index is 6.52. The van der Waals surface area contributed by atoms with E-state index < -0.39 is 0 Å². The molecule has 0 aliphatic heterocycles. The molecule has 0 aliphatic rings. The molecule has 2 aromatic heterocycles. The van der Waals surface area contributed by atoms with E-state index in [2.05, 4.69) is 228 Å². The highest BCUT2D eigenvalue weighted by Crippen LogP contribution is 2.46. The maximum atomic E-state index is 6.52. The van der Waals surface area contributed by atoms with Crippen LogP contribution in [-0.4, -0.2) is 4.57 Å². The van der Waals surface area contributed by atoms with E-state index in [0.29, 0.717) is 0 Å². The molecular weight excluding hydrogens is 717 g/mol. The van der Waals surface area contributed by atoms with Crippen molar-refractivity contribution in [1.29, 1.82) is 0 Å². The van der Waals surface area contributed by atoms with Crippen LogP contribution in [0.25, 0.3) is 93.2 Å². The first-order chi connectivity index (χ1) is 29.3. The van der Waals surface area contributed by atoms with E-state index in [0.717, 1.165) is 50.2 Å². The molecule has 12 aromatic rings. The quantitative estimate of drug-likeness (QED) is 0.169. The van der Waals surface area contributed by atoms with Crippen molar-refractivity contribution >= 4 is 82.4 Å². The minimum Gasteiger partial charge on any atom is -0.456 e. The molecule has 10 aromatic carbocycles. The number of furan rings is 1. The molecule has 3 heteroatoms. The average molecular weight is 753 g/mol. The van der Waals surface area contributed by atoms with Gasteiger partial charge >= 0.3 is 0 Å². The van der Waals surface area contributed by atoms with Crippen molar-refractivity contribution in [1.82, 2.24) is 4.57 Å². The van der Waals surface area contributed by atoms with Crippen molar-refractivity contribution in [3.8, 4) is 27.9 Å². The molecule has 0 amide bonds. The van der Waals surface area contributed by atoms with Crippen molar-refractivity contribution in [2.24, 2.45) is 0 Å². The van der Waals surface area contributed by atoms with Crippen LogP contribution in [-0.2, 0) is 0 Å². The lowest BCUT2D eigenvalue weighted by Crippen LogP contribution is -2.11. The van der Waals surface area contributed by atoms with Gasteiger partial charge in [-0.2, -0.15) is 0 Å². The molecule has 12 rings (SSSR count). The van der Waals surface area contributed by atoms with Crippen LogP contribution in [0.15, 0.2) is 223 Å². The molecule has 0 atom stereocenters. The highest BCUT2D eigenvalue weighted by atomic mass is 16.3. The fourth-order valence-corrected chi connectivity index (χ4v) is 9.28. The summed E-state index contributed by atoms with van der Waals surface area (Å²) in [5.74, 6) is 0. The van der Waals surface area contributed by atoms with Crippen molar-refractivity contribution in [3.05, 3.63) is 218 Å². The number of para-hydroxylation sites is 1. The van der Waals surface area contributed by atoms with Crippen molar-refractivity contribution in [2.75, 3.05) is 4.90 Å². The van der Waals surface area contributed by atoms with Crippen LogP contribution in [0.2, 0.25) is 0 Å². The SMILES string of the molecule is c1ccc(-c2cccc(-n3c4ccccc4c4ccc(N(c5ccc6oc7ccc8ccccc8c7c6c5)c5ccc(-c6ccccc6)c6ccccc56)cc43)c2)cc1. The highest BCUT2D eigenvalue weighted by molar-refractivity contribution is 6.20. The van der Waals surface area contributed by atoms with Gasteiger partial charge < -0.3 is 13.9 Å². The van der Waals surface area contributed by atoms with Gasteiger partial charge in [0.1, 0.15) is 11.2 Å². The van der Waals surface area contributed by atoms with Crippen LogP contribution >= 0.6 is 0 Å². The maximum Gasteiger partial charge on any atom is 0.136 e. The van der Waals surface area contributed by atoms with E-state index >= 15 is 0 Å². The van der Waals surface area contributed by atoms with Crippen LogP contribution in [0.3, 0.4) is 0 Å². The summed E-state index contributed by atoms with van der Waals surface area (Å²) in [4.78, 5) is 2.43. The Balaban J connectivity index is 1.14. The van der Waals surface area contributed by atoms with Crippen LogP contribution in [0.5, 0.6) is 0 Å². The molecule has 2 heterocycles. The molecule has 0 spiro atoms. The van der Waals surface area contributed by atoms with Gasteiger partial charge in [0, 0.05) is 44.0 Å². The Morgan fingerprint density at radius 3 is 1.85 bits per heavy atom. The lowest BCUT2D eigenvalue weighted by molar-refractivity contribution is 0.669. The Bertz CT molecular complexity index is 3560. The van der Waals surface area contributed by atoms with Gasteiger partial charge in [-0.05, 0) is 99.1 Å². The predicted molar refractivity (Wildman–Crippen MR) is 249 cm³/mol. The van der Waals surface area contributed by atoms with Crippen LogP contribution in [0, 0.1) is 0 Å².